The van der Waals surface area contributed by atoms with Crippen molar-refractivity contribution in [2.24, 2.45) is 0 Å². The van der Waals surface area contributed by atoms with E-state index in [1.807, 2.05) is 24.3 Å². The molecule has 2 aromatic heterocycles. The van der Waals surface area contributed by atoms with Crippen LogP contribution in [0, 0.1) is 6.92 Å². The minimum Gasteiger partial charge on any atom is -0.324 e. The molecule has 0 spiro atoms. The Labute approximate surface area is 144 Å². The molecule has 0 radical (unpaired) electrons. The lowest BCUT2D eigenvalue weighted by atomic mass is 9.94. The van der Waals surface area contributed by atoms with Crippen molar-refractivity contribution >= 4 is 11.6 Å². The van der Waals surface area contributed by atoms with E-state index in [0.29, 0.717) is 5.82 Å². The van der Waals surface area contributed by atoms with E-state index in [1.54, 1.807) is 6.92 Å². The Morgan fingerprint density at radius 3 is 2.80 bits per heavy atom. The first-order chi connectivity index (χ1) is 12.2. The molecular weight excluding hydrogens is 318 g/mol. The van der Waals surface area contributed by atoms with Gasteiger partial charge < -0.3 is 5.32 Å². The molecule has 2 heterocycles. The number of hydrogen-bond acceptors (Lipinski definition) is 5. The van der Waals surface area contributed by atoms with E-state index in [-0.39, 0.29) is 12.5 Å². The lowest BCUT2D eigenvalue weighted by molar-refractivity contribution is -0.117. The van der Waals surface area contributed by atoms with E-state index in [1.165, 1.54) is 28.9 Å². The van der Waals surface area contributed by atoms with Crippen LogP contribution in [0.15, 0.2) is 24.3 Å². The highest BCUT2D eigenvalue weighted by Gasteiger charge is 2.17. The predicted octanol–water partition coefficient (Wildman–Crippen LogP) is 1.89. The van der Waals surface area contributed by atoms with Gasteiger partial charge >= 0.3 is 0 Å². The average Bonchev–Trinajstić information content (AvgIpc) is 3.22. The second-order valence-corrected chi connectivity index (χ2v) is 6.23. The van der Waals surface area contributed by atoms with E-state index in [9.17, 15) is 4.79 Å². The number of nitrogens with zero attached hydrogens (tertiary/aromatic N) is 5. The number of tetrazole rings is 1. The van der Waals surface area contributed by atoms with Gasteiger partial charge in [-0.05, 0) is 50.0 Å². The summed E-state index contributed by atoms with van der Waals surface area (Å²) in [6, 6.07) is 7.74. The number of anilines is 1. The minimum absolute atomic E-state index is 0.0372. The maximum Gasteiger partial charge on any atom is 0.248 e. The Kier molecular flexibility index (Phi) is 4.01. The summed E-state index contributed by atoms with van der Waals surface area (Å²) < 4.78 is 0. The van der Waals surface area contributed by atoms with Crippen molar-refractivity contribution in [3.8, 4) is 11.3 Å². The lowest BCUT2D eigenvalue weighted by Crippen LogP contribution is -2.20. The Bertz CT molecular complexity index is 894. The van der Waals surface area contributed by atoms with Crippen LogP contribution in [-0.2, 0) is 24.2 Å². The molecule has 0 fully saturated rings. The molecule has 8 nitrogen and oxygen atoms in total. The number of carbonyl (C=O) groups is 1. The van der Waals surface area contributed by atoms with E-state index in [2.05, 4.69) is 30.9 Å². The van der Waals surface area contributed by atoms with Crippen molar-refractivity contribution in [3.63, 3.8) is 0 Å². The first kappa shape index (κ1) is 15.5. The SMILES string of the molecule is Cc1nnn(CC(=O)Nc2ccc(-c3n[nH]c4c3CCCC4)cc2)n1. The number of aryl methyl sites for hydroxylation is 2. The van der Waals surface area contributed by atoms with Crippen LogP contribution in [0.1, 0.15) is 29.9 Å². The third kappa shape index (κ3) is 3.28. The molecule has 3 aromatic rings. The molecule has 25 heavy (non-hydrogen) atoms. The third-order valence-electron chi connectivity index (χ3n) is 4.34. The molecule has 1 aliphatic carbocycles. The summed E-state index contributed by atoms with van der Waals surface area (Å²) in [5.74, 6) is 0.349. The molecule has 1 aromatic carbocycles. The van der Waals surface area contributed by atoms with Crippen LogP contribution in [0.2, 0.25) is 0 Å². The molecular formula is C17H19N7O. The molecule has 1 aliphatic rings. The lowest BCUT2D eigenvalue weighted by Gasteiger charge is -2.11. The van der Waals surface area contributed by atoms with Crippen molar-refractivity contribution in [2.75, 3.05) is 5.32 Å². The molecule has 0 unspecified atom stereocenters. The summed E-state index contributed by atoms with van der Waals surface area (Å²) in [7, 11) is 0. The van der Waals surface area contributed by atoms with Crippen LogP contribution in [-0.4, -0.2) is 36.3 Å². The maximum absolute atomic E-state index is 12.0. The smallest absolute Gasteiger partial charge is 0.248 e. The normalized spacial score (nSPS) is 13.5. The minimum atomic E-state index is -0.192. The van der Waals surface area contributed by atoms with Gasteiger partial charge in [-0.15, -0.1) is 10.2 Å². The summed E-state index contributed by atoms with van der Waals surface area (Å²) in [4.78, 5) is 13.3. The highest BCUT2D eigenvalue weighted by atomic mass is 16.2. The fraction of sp³-hybridized carbons (Fsp3) is 0.353. The summed E-state index contributed by atoms with van der Waals surface area (Å²) >= 11 is 0. The molecule has 2 N–H and O–H groups in total. The largest absolute Gasteiger partial charge is 0.324 e. The van der Waals surface area contributed by atoms with E-state index >= 15 is 0 Å². The van der Waals surface area contributed by atoms with Gasteiger partial charge in [0.25, 0.3) is 0 Å². The van der Waals surface area contributed by atoms with Crippen molar-refractivity contribution in [1.82, 2.24) is 30.4 Å². The molecule has 1 amide bonds. The summed E-state index contributed by atoms with van der Waals surface area (Å²) in [5, 5.41) is 22.0. The second-order valence-electron chi connectivity index (χ2n) is 6.23. The molecule has 0 saturated carbocycles. The van der Waals surface area contributed by atoms with Gasteiger partial charge in [-0.1, -0.05) is 12.1 Å². The van der Waals surface area contributed by atoms with Crippen LogP contribution < -0.4 is 5.32 Å². The van der Waals surface area contributed by atoms with Crippen LogP contribution >= 0.6 is 0 Å². The number of H-pyrrole nitrogens is 1. The van der Waals surface area contributed by atoms with Crippen LogP contribution in [0.3, 0.4) is 0 Å². The van der Waals surface area contributed by atoms with Gasteiger partial charge in [0.05, 0.1) is 5.69 Å². The Morgan fingerprint density at radius 2 is 2.04 bits per heavy atom. The zero-order valence-electron chi connectivity index (χ0n) is 14.0. The molecule has 8 heteroatoms. The molecule has 4 rings (SSSR count). The average molecular weight is 337 g/mol. The van der Waals surface area contributed by atoms with Gasteiger partial charge in [0.15, 0.2) is 5.82 Å². The number of carbonyl (C=O) groups excluding carboxylic acids is 1. The molecule has 0 atom stereocenters. The van der Waals surface area contributed by atoms with Crippen molar-refractivity contribution in [1.29, 1.82) is 0 Å². The zero-order chi connectivity index (χ0) is 17.2. The molecule has 0 aliphatic heterocycles. The first-order valence-corrected chi connectivity index (χ1v) is 8.40. The maximum atomic E-state index is 12.0. The highest BCUT2D eigenvalue weighted by molar-refractivity contribution is 5.90. The van der Waals surface area contributed by atoms with Gasteiger partial charge in [0.2, 0.25) is 5.91 Å². The Balaban J connectivity index is 1.45. The number of aromatic amines is 1. The van der Waals surface area contributed by atoms with Gasteiger partial charge in [0.1, 0.15) is 6.54 Å². The van der Waals surface area contributed by atoms with Gasteiger partial charge in [-0.25, -0.2) is 0 Å². The van der Waals surface area contributed by atoms with Crippen molar-refractivity contribution in [2.45, 2.75) is 39.2 Å². The van der Waals surface area contributed by atoms with Crippen LogP contribution in [0.5, 0.6) is 0 Å². The molecule has 0 bridgehead atoms. The first-order valence-electron chi connectivity index (χ1n) is 8.40. The number of benzene rings is 1. The van der Waals surface area contributed by atoms with E-state index < -0.39 is 0 Å². The van der Waals surface area contributed by atoms with Gasteiger partial charge in [-0.2, -0.15) is 9.90 Å². The van der Waals surface area contributed by atoms with E-state index in [4.69, 9.17) is 0 Å². The van der Waals surface area contributed by atoms with E-state index in [0.717, 1.165) is 29.8 Å². The number of hydrogen-bond donors (Lipinski definition) is 2. The van der Waals surface area contributed by atoms with Crippen molar-refractivity contribution in [3.05, 3.63) is 41.3 Å². The van der Waals surface area contributed by atoms with Crippen molar-refractivity contribution < 1.29 is 4.79 Å². The quantitative estimate of drug-likeness (QED) is 0.757. The standard InChI is InChI=1S/C17H19N7O/c1-11-19-23-24(22-11)10-16(25)18-13-8-6-12(7-9-13)17-14-4-2-3-5-15(14)20-21-17/h6-9H,2-5,10H2,1H3,(H,18,25)(H,20,21). The molecule has 0 saturated heterocycles. The monoisotopic (exact) mass is 337 g/mol. The Hall–Kier alpha value is -3.03. The number of aromatic nitrogens is 6. The summed E-state index contributed by atoms with van der Waals surface area (Å²) in [6.45, 7) is 1.77. The van der Waals surface area contributed by atoms with Gasteiger partial charge in [-0.3, -0.25) is 9.89 Å². The third-order valence-corrected chi connectivity index (χ3v) is 4.34. The van der Waals surface area contributed by atoms with Crippen LogP contribution in [0.25, 0.3) is 11.3 Å². The topological polar surface area (TPSA) is 101 Å². The molecule has 128 valence electrons. The fourth-order valence-electron chi connectivity index (χ4n) is 3.15. The highest BCUT2D eigenvalue weighted by Crippen LogP contribution is 2.30. The summed E-state index contributed by atoms with van der Waals surface area (Å²) in [5.41, 5.74) is 5.40. The van der Waals surface area contributed by atoms with Gasteiger partial charge in [0, 0.05) is 22.5 Å². The number of rotatable bonds is 4. The van der Waals surface area contributed by atoms with Crippen LogP contribution in [0.4, 0.5) is 5.69 Å². The fourth-order valence-corrected chi connectivity index (χ4v) is 3.15. The predicted molar refractivity (Wildman–Crippen MR) is 91.8 cm³/mol. The second kappa shape index (κ2) is 6.46. The number of amides is 1. The summed E-state index contributed by atoms with van der Waals surface area (Å²) in [6.07, 6.45) is 4.58. The Morgan fingerprint density at radius 1 is 1.24 bits per heavy atom. The zero-order valence-corrected chi connectivity index (χ0v) is 14.0. The number of nitrogens with one attached hydrogen (secondary N) is 2. The number of fused-ring (bicyclic) bond motifs is 1.